The van der Waals surface area contributed by atoms with E-state index in [9.17, 15) is 22.0 Å². The lowest BCUT2D eigenvalue weighted by atomic mass is 9.98. The number of aryl methyl sites for hydroxylation is 2. The van der Waals surface area contributed by atoms with Crippen molar-refractivity contribution in [3.8, 4) is 0 Å². The van der Waals surface area contributed by atoms with Crippen molar-refractivity contribution >= 4 is 21.8 Å². The van der Waals surface area contributed by atoms with Gasteiger partial charge < -0.3 is 0 Å². The molecular weight excluding hydrogens is 303 g/mol. The van der Waals surface area contributed by atoms with E-state index >= 15 is 0 Å². The van der Waals surface area contributed by atoms with Crippen LogP contribution < -0.4 is 0 Å². The maximum absolute atomic E-state index is 14.4. The second-order valence-electron chi connectivity index (χ2n) is 5.07. The SMILES string of the molecule is Cc1c(F)nc2c(c1C)c(C)c(F)c1c(F)c(F)c(F)nc12. The molecule has 22 heavy (non-hydrogen) atoms. The molecule has 0 radical (unpaired) electrons. The van der Waals surface area contributed by atoms with Crippen LogP contribution in [0.2, 0.25) is 0 Å². The Balaban J connectivity index is 2.74. The number of hydrogen-bond acceptors (Lipinski definition) is 2. The van der Waals surface area contributed by atoms with Crippen molar-refractivity contribution in [3.05, 3.63) is 46.0 Å². The number of rotatable bonds is 0. The van der Waals surface area contributed by atoms with Crippen molar-refractivity contribution in [2.45, 2.75) is 20.8 Å². The second-order valence-corrected chi connectivity index (χ2v) is 5.07. The van der Waals surface area contributed by atoms with Crippen molar-refractivity contribution in [2.24, 2.45) is 0 Å². The molecule has 0 aliphatic heterocycles. The molecule has 3 rings (SSSR count). The van der Waals surface area contributed by atoms with E-state index in [1.165, 1.54) is 20.8 Å². The van der Waals surface area contributed by atoms with Gasteiger partial charge in [-0.2, -0.15) is 13.2 Å². The van der Waals surface area contributed by atoms with Gasteiger partial charge in [0.25, 0.3) is 5.95 Å². The minimum Gasteiger partial charge on any atom is -0.217 e. The van der Waals surface area contributed by atoms with Crippen LogP contribution in [0.3, 0.4) is 0 Å². The first-order valence-electron chi connectivity index (χ1n) is 6.34. The van der Waals surface area contributed by atoms with Crippen molar-refractivity contribution in [2.75, 3.05) is 0 Å². The molecule has 0 saturated heterocycles. The molecule has 2 aromatic heterocycles. The monoisotopic (exact) mass is 312 g/mol. The molecule has 0 amide bonds. The Morgan fingerprint density at radius 3 is 1.73 bits per heavy atom. The molecule has 0 bridgehead atoms. The molecule has 2 nitrogen and oxygen atoms in total. The van der Waals surface area contributed by atoms with E-state index in [2.05, 4.69) is 9.97 Å². The average Bonchev–Trinajstić information content (AvgIpc) is 2.47. The van der Waals surface area contributed by atoms with Gasteiger partial charge in [-0.05, 0) is 31.9 Å². The summed E-state index contributed by atoms with van der Waals surface area (Å²) in [7, 11) is 0. The van der Waals surface area contributed by atoms with Gasteiger partial charge in [-0.1, -0.05) is 0 Å². The second kappa shape index (κ2) is 4.59. The summed E-state index contributed by atoms with van der Waals surface area (Å²) in [6, 6.07) is 0. The largest absolute Gasteiger partial charge is 0.252 e. The van der Waals surface area contributed by atoms with Crippen molar-refractivity contribution in [1.29, 1.82) is 0 Å². The highest BCUT2D eigenvalue weighted by Gasteiger charge is 2.24. The van der Waals surface area contributed by atoms with Crippen LogP contribution in [0.5, 0.6) is 0 Å². The normalized spacial score (nSPS) is 11.6. The first-order valence-corrected chi connectivity index (χ1v) is 6.34. The highest BCUT2D eigenvalue weighted by Crippen LogP contribution is 2.35. The molecule has 0 unspecified atom stereocenters. The predicted molar refractivity (Wildman–Crippen MR) is 71.0 cm³/mol. The Labute approximate surface area is 121 Å². The molecule has 0 N–H and O–H groups in total. The summed E-state index contributed by atoms with van der Waals surface area (Å²) in [5.41, 5.74) is -0.198. The molecule has 0 atom stereocenters. The number of benzene rings is 1. The third-order valence-corrected chi connectivity index (χ3v) is 3.88. The predicted octanol–water partition coefficient (Wildman–Crippen LogP) is 4.40. The Hall–Kier alpha value is -2.31. The number of fused-ring (bicyclic) bond motifs is 3. The zero-order valence-electron chi connectivity index (χ0n) is 11.8. The molecule has 0 aliphatic carbocycles. The first-order chi connectivity index (χ1) is 10.3. The van der Waals surface area contributed by atoms with Crippen LogP contribution in [0.25, 0.3) is 21.8 Å². The van der Waals surface area contributed by atoms with Crippen molar-refractivity contribution < 1.29 is 22.0 Å². The molecule has 0 saturated carbocycles. The van der Waals surface area contributed by atoms with Crippen LogP contribution in [0.1, 0.15) is 16.7 Å². The van der Waals surface area contributed by atoms with Crippen LogP contribution in [0.4, 0.5) is 22.0 Å². The number of halogens is 5. The van der Waals surface area contributed by atoms with Gasteiger partial charge in [0.1, 0.15) is 16.9 Å². The van der Waals surface area contributed by atoms with Crippen LogP contribution in [-0.2, 0) is 0 Å². The maximum atomic E-state index is 14.4. The zero-order valence-corrected chi connectivity index (χ0v) is 11.8. The fourth-order valence-corrected chi connectivity index (χ4v) is 2.56. The summed E-state index contributed by atoms with van der Waals surface area (Å²) in [6.07, 6.45) is 0. The molecule has 2 heterocycles. The zero-order chi connectivity index (χ0) is 16.3. The number of pyridine rings is 2. The van der Waals surface area contributed by atoms with E-state index in [1.54, 1.807) is 0 Å². The van der Waals surface area contributed by atoms with Crippen molar-refractivity contribution in [3.63, 3.8) is 0 Å². The topological polar surface area (TPSA) is 25.8 Å². The fourth-order valence-electron chi connectivity index (χ4n) is 2.56. The summed E-state index contributed by atoms with van der Waals surface area (Å²) in [5.74, 6) is -7.23. The van der Waals surface area contributed by atoms with Gasteiger partial charge in [-0.15, -0.1) is 0 Å². The van der Waals surface area contributed by atoms with Crippen LogP contribution in [0, 0.1) is 50.1 Å². The van der Waals surface area contributed by atoms with Gasteiger partial charge in [0.15, 0.2) is 5.82 Å². The van der Waals surface area contributed by atoms with E-state index in [1.807, 2.05) is 0 Å². The van der Waals surface area contributed by atoms with Gasteiger partial charge in [-0.3, -0.25) is 0 Å². The third kappa shape index (κ3) is 1.71. The highest BCUT2D eigenvalue weighted by atomic mass is 19.2. The van der Waals surface area contributed by atoms with E-state index in [-0.39, 0.29) is 22.0 Å². The van der Waals surface area contributed by atoms with Gasteiger partial charge in [0.2, 0.25) is 11.8 Å². The quantitative estimate of drug-likeness (QED) is 0.349. The molecule has 3 aromatic rings. The fraction of sp³-hybridized carbons (Fsp3) is 0.200. The van der Waals surface area contributed by atoms with Crippen LogP contribution in [-0.4, -0.2) is 9.97 Å². The molecule has 0 aliphatic rings. The summed E-state index contributed by atoms with van der Waals surface area (Å²) < 4.78 is 68.9. The van der Waals surface area contributed by atoms with Crippen LogP contribution in [0.15, 0.2) is 0 Å². The van der Waals surface area contributed by atoms with Crippen molar-refractivity contribution in [1.82, 2.24) is 9.97 Å². The van der Waals surface area contributed by atoms with Gasteiger partial charge in [0, 0.05) is 10.9 Å². The third-order valence-electron chi connectivity index (χ3n) is 3.88. The number of nitrogens with zero attached hydrogens (tertiary/aromatic N) is 2. The van der Waals surface area contributed by atoms with E-state index in [0.717, 1.165) is 0 Å². The minimum atomic E-state index is -1.88. The number of hydrogen-bond donors (Lipinski definition) is 0. The molecule has 7 heteroatoms. The maximum Gasteiger partial charge on any atom is 0.252 e. The molecule has 114 valence electrons. The van der Waals surface area contributed by atoms with Crippen LogP contribution >= 0.6 is 0 Å². The summed E-state index contributed by atoms with van der Waals surface area (Å²) in [5, 5.41) is -0.624. The lowest BCUT2D eigenvalue weighted by molar-refractivity contribution is 0.433. The van der Waals surface area contributed by atoms with Gasteiger partial charge in [0.05, 0.1) is 5.39 Å². The van der Waals surface area contributed by atoms with Gasteiger partial charge >= 0.3 is 0 Å². The number of aromatic nitrogens is 2. The molecule has 1 aromatic carbocycles. The summed E-state index contributed by atoms with van der Waals surface area (Å²) in [4.78, 5) is 6.85. The van der Waals surface area contributed by atoms with Gasteiger partial charge in [-0.25, -0.2) is 18.7 Å². The Morgan fingerprint density at radius 2 is 1.09 bits per heavy atom. The Bertz CT molecular complexity index is 887. The lowest BCUT2D eigenvalue weighted by Gasteiger charge is -2.13. The Morgan fingerprint density at radius 1 is 0.545 bits per heavy atom. The summed E-state index contributed by atoms with van der Waals surface area (Å²) >= 11 is 0. The van der Waals surface area contributed by atoms with E-state index in [0.29, 0.717) is 5.56 Å². The standard InChI is InChI=1S/C15H9F5N2/c1-4-5(2)14(19)21-12-7(4)6(3)9(16)8-10(17)11(18)15(20)22-13(8)12/h1-3H3. The highest BCUT2D eigenvalue weighted by molar-refractivity contribution is 6.06. The smallest absolute Gasteiger partial charge is 0.217 e. The van der Waals surface area contributed by atoms with E-state index < -0.39 is 40.2 Å². The van der Waals surface area contributed by atoms with E-state index in [4.69, 9.17) is 0 Å². The molecular formula is C15H9F5N2. The lowest BCUT2D eigenvalue weighted by Crippen LogP contribution is -2.05. The Kier molecular flexibility index (Phi) is 3.05. The first kappa shape index (κ1) is 14.6. The molecule has 0 fully saturated rings. The minimum absolute atomic E-state index is 0.0256. The average molecular weight is 312 g/mol. The molecule has 0 spiro atoms. The summed E-state index contributed by atoms with van der Waals surface area (Å²) in [6.45, 7) is 4.33.